The summed E-state index contributed by atoms with van der Waals surface area (Å²) in [6, 6.07) is 12.1. The number of nitrogens with zero attached hydrogens (tertiary/aromatic N) is 1. The second kappa shape index (κ2) is 8.97. The Morgan fingerprint density at radius 2 is 1.86 bits per heavy atom. The maximum absolute atomic E-state index is 13.4. The molecule has 0 unspecified atom stereocenters. The maximum Gasteiger partial charge on any atom is 0.255 e. The van der Waals surface area contributed by atoms with Gasteiger partial charge in [-0.2, -0.15) is 0 Å². The van der Waals surface area contributed by atoms with Crippen LogP contribution in [0.15, 0.2) is 48.5 Å². The van der Waals surface area contributed by atoms with E-state index in [9.17, 15) is 14.0 Å². The highest BCUT2D eigenvalue weighted by Gasteiger charge is 2.42. The Hall–Kier alpha value is -2.05. The van der Waals surface area contributed by atoms with E-state index in [1.807, 2.05) is 13.8 Å². The predicted molar refractivity (Wildman–Crippen MR) is 111 cm³/mol. The molecule has 0 aliphatic carbocycles. The van der Waals surface area contributed by atoms with Gasteiger partial charge in [0.15, 0.2) is 0 Å². The molecular formula is C21H22ClFN2O2S. The summed E-state index contributed by atoms with van der Waals surface area (Å²) in [6.45, 7) is 3.93. The van der Waals surface area contributed by atoms with Crippen molar-refractivity contribution >= 4 is 35.2 Å². The Morgan fingerprint density at radius 1 is 1.21 bits per heavy atom. The van der Waals surface area contributed by atoms with Crippen molar-refractivity contribution in [2.45, 2.75) is 37.7 Å². The van der Waals surface area contributed by atoms with Crippen molar-refractivity contribution in [1.82, 2.24) is 10.2 Å². The molecule has 148 valence electrons. The van der Waals surface area contributed by atoms with E-state index >= 15 is 0 Å². The quantitative estimate of drug-likeness (QED) is 0.765. The van der Waals surface area contributed by atoms with Crippen LogP contribution < -0.4 is 5.32 Å². The third-order valence-electron chi connectivity index (χ3n) is 4.78. The van der Waals surface area contributed by atoms with E-state index in [-0.39, 0.29) is 29.0 Å². The van der Waals surface area contributed by atoms with Crippen molar-refractivity contribution in [3.63, 3.8) is 0 Å². The van der Waals surface area contributed by atoms with Crippen LogP contribution in [-0.2, 0) is 4.79 Å². The largest absolute Gasteiger partial charge is 0.352 e. The molecule has 1 aliphatic rings. The van der Waals surface area contributed by atoms with Gasteiger partial charge in [-0.3, -0.25) is 9.59 Å². The van der Waals surface area contributed by atoms with Gasteiger partial charge in [0.05, 0.1) is 0 Å². The fourth-order valence-electron chi connectivity index (χ4n) is 3.02. The van der Waals surface area contributed by atoms with Crippen LogP contribution in [0.5, 0.6) is 0 Å². The molecule has 0 radical (unpaired) electrons. The number of halogens is 2. The highest BCUT2D eigenvalue weighted by Crippen LogP contribution is 2.42. The van der Waals surface area contributed by atoms with Crippen molar-refractivity contribution in [2.75, 3.05) is 5.75 Å². The zero-order valence-electron chi connectivity index (χ0n) is 15.7. The Bertz CT molecular complexity index is 844. The molecule has 1 heterocycles. The molecule has 7 heteroatoms. The van der Waals surface area contributed by atoms with Crippen molar-refractivity contribution in [2.24, 2.45) is 0 Å². The minimum atomic E-state index is -0.600. The summed E-state index contributed by atoms with van der Waals surface area (Å²) >= 11 is 7.44. The van der Waals surface area contributed by atoms with E-state index in [0.29, 0.717) is 16.3 Å². The second-order valence-electron chi connectivity index (χ2n) is 6.79. The van der Waals surface area contributed by atoms with Crippen LogP contribution in [0, 0.1) is 5.82 Å². The van der Waals surface area contributed by atoms with Gasteiger partial charge in [0, 0.05) is 22.4 Å². The number of thioether (sulfide) groups is 1. The van der Waals surface area contributed by atoms with E-state index in [2.05, 4.69) is 5.32 Å². The zero-order valence-corrected chi connectivity index (χ0v) is 17.3. The number of nitrogens with one attached hydrogen (secondary N) is 1. The van der Waals surface area contributed by atoms with Crippen molar-refractivity contribution in [1.29, 1.82) is 0 Å². The lowest BCUT2D eigenvalue weighted by Crippen LogP contribution is -2.49. The first-order chi connectivity index (χ1) is 13.4. The number of hydrogen-bond donors (Lipinski definition) is 1. The fraction of sp³-hybridized carbons (Fsp3) is 0.333. The van der Waals surface area contributed by atoms with Crippen LogP contribution in [0.4, 0.5) is 4.39 Å². The first-order valence-electron chi connectivity index (χ1n) is 9.16. The standard InChI is InChI=1S/C21H22ClFN2O2S/c1-3-13(2)24-19(26)18-12-28-21(15-6-10-17(23)11-7-15)25(18)20(27)14-4-8-16(22)9-5-14/h4-11,13,18,21H,3,12H2,1-2H3,(H,24,26)/t13-,18+,21-/m1/s1. The Balaban J connectivity index is 1.93. The normalized spacial score (nSPS) is 20.1. The molecule has 0 saturated carbocycles. The van der Waals surface area contributed by atoms with Crippen LogP contribution in [0.2, 0.25) is 5.02 Å². The average molecular weight is 421 g/mol. The van der Waals surface area contributed by atoms with Gasteiger partial charge in [-0.05, 0) is 55.3 Å². The third-order valence-corrected chi connectivity index (χ3v) is 6.36. The molecular weight excluding hydrogens is 399 g/mol. The van der Waals surface area contributed by atoms with E-state index in [1.54, 1.807) is 41.3 Å². The Kier molecular flexibility index (Phi) is 6.62. The van der Waals surface area contributed by atoms with Gasteiger partial charge < -0.3 is 10.2 Å². The number of hydrogen-bond acceptors (Lipinski definition) is 3. The molecule has 3 rings (SSSR count). The average Bonchev–Trinajstić information content (AvgIpc) is 3.13. The Morgan fingerprint density at radius 3 is 2.46 bits per heavy atom. The minimum Gasteiger partial charge on any atom is -0.352 e. The van der Waals surface area contributed by atoms with Crippen LogP contribution >= 0.6 is 23.4 Å². The van der Waals surface area contributed by atoms with Gasteiger partial charge in [-0.25, -0.2) is 4.39 Å². The molecule has 0 bridgehead atoms. The molecule has 0 spiro atoms. The Labute approximate surface area is 173 Å². The van der Waals surface area contributed by atoms with Gasteiger partial charge in [0.2, 0.25) is 5.91 Å². The molecule has 1 saturated heterocycles. The minimum absolute atomic E-state index is 0.0230. The summed E-state index contributed by atoms with van der Waals surface area (Å²) in [6.07, 6.45) is 0.804. The van der Waals surface area contributed by atoms with Crippen LogP contribution in [0.25, 0.3) is 0 Å². The highest BCUT2D eigenvalue weighted by atomic mass is 35.5. The summed E-state index contributed by atoms with van der Waals surface area (Å²) in [5.74, 6) is -0.286. The SMILES string of the molecule is CC[C@@H](C)NC(=O)[C@@H]1CS[C@H](c2ccc(F)cc2)N1C(=O)c1ccc(Cl)cc1. The van der Waals surface area contributed by atoms with Gasteiger partial charge >= 0.3 is 0 Å². The smallest absolute Gasteiger partial charge is 0.255 e. The number of benzene rings is 2. The fourth-order valence-corrected chi connectivity index (χ4v) is 4.58. The predicted octanol–water partition coefficient (Wildman–Crippen LogP) is 4.65. The first kappa shape index (κ1) is 20.7. The topological polar surface area (TPSA) is 49.4 Å². The lowest BCUT2D eigenvalue weighted by Gasteiger charge is -2.30. The lowest BCUT2D eigenvalue weighted by atomic mass is 10.1. The molecule has 28 heavy (non-hydrogen) atoms. The summed E-state index contributed by atoms with van der Waals surface area (Å²) in [7, 11) is 0. The monoisotopic (exact) mass is 420 g/mol. The van der Waals surface area contributed by atoms with Gasteiger partial charge in [0.25, 0.3) is 5.91 Å². The van der Waals surface area contributed by atoms with Crippen molar-refractivity contribution in [3.8, 4) is 0 Å². The maximum atomic E-state index is 13.4. The molecule has 1 fully saturated rings. The van der Waals surface area contributed by atoms with Crippen molar-refractivity contribution < 1.29 is 14.0 Å². The van der Waals surface area contributed by atoms with E-state index in [0.717, 1.165) is 12.0 Å². The molecule has 2 aromatic rings. The molecule has 2 aromatic carbocycles. The number of carbonyl (C=O) groups excluding carboxylic acids is 2. The highest BCUT2D eigenvalue weighted by molar-refractivity contribution is 7.99. The van der Waals surface area contributed by atoms with Crippen molar-refractivity contribution in [3.05, 3.63) is 70.5 Å². The van der Waals surface area contributed by atoms with E-state index in [4.69, 9.17) is 11.6 Å². The second-order valence-corrected chi connectivity index (χ2v) is 8.34. The summed E-state index contributed by atoms with van der Waals surface area (Å²) in [5, 5.41) is 3.14. The number of amides is 2. The molecule has 3 atom stereocenters. The molecule has 1 N–H and O–H groups in total. The van der Waals surface area contributed by atoms with E-state index in [1.165, 1.54) is 23.9 Å². The number of carbonyl (C=O) groups is 2. The molecule has 4 nitrogen and oxygen atoms in total. The summed E-state index contributed by atoms with van der Waals surface area (Å²) < 4.78 is 13.4. The summed E-state index contributed by atoms with van der Waals surface area (Å²) in [4.78, 5) is 27.7. The first-order valence-corrected chi connectivity index (χ1v) is 10.6. The zero-order chi connectivity index (χ0) is 20.3. The van der Waals surface area contributed by atoms with Crippen LogP contribution in [-0.4, -0.2) is 34.6 Å². The van der Waals surface area contributed by atoms with Crippen LogP contribution in [0.3, 0.4) is 0 Å². The molecule has 1 aliphatic heterocycles. The van der Waals surface area contributed by atoms with Gasteiger partial charge in [-0.15, -0.1) is 11.8 Å². The molecule has 0 aromatic heterocycles. The van der Waals surface area contributed by atoms with Gasteiger partial charge in [-0.1, -0.05) is 30.7 Å². The van der Waals surface area contributed by atoms with Gasteiger partial charge in [0.1, 0.15) is 17.2 Å². The lowest BCUT2D eigenvalue weighted by molar-refractivity contribution is -0.125. The number of rotatable bonds is 5. The van der Waals surface area contributed by atoms with Crippen LogP contribution in [0.1, 0.15) is 41.6 Å². The van der Waals surface area contributed by atoms with E-state index < -0.39 is 6.04 Å². The molecule has 2 amide bonds. The third kappa shape index (κ3) is 4.50. The summed E-state index contributed by atoms with van der Waals surface area (Å²) in [5.41, 5.74) is 1.24.